The highest BCUT2D eigenvalue weighted by Crippen LogP contribution is 2.69. The van der Waals surface area contributed by atoms with E-state index in [1.807, 2.05) is 31.2 Å². The lowest BCUT2D eigenvalue weighted by Crippen LogP contribution is -2.82. The first-order valence-corrected chi connectivity index (χ1v) is 15.9. The number of aromatic hydroxyl groups is 1. The quantitative estimate of drug-likeness (QED) is 0.357. The van der Waals surface area contributed by atoms with Crippen LogP contribution in [0.2, 0.25) is 0 Å². The van der Waals surface area contributed by atoms with E-state index in [2.05, 4.69) is 17.0 Å². The first kappa shape index (κ1) is 30.1. The Kier molecular flexibility index (Phi) is 7.02. The van der Waals surface area contributed by atoms with E-state index in [4.69, 9.17) is 4.74 Å². The Bertz CT molecular complexity index is 1610. The molecular weight excluding hydrogens is 581 g/mol. The second kappa shape index (κ2) is 10.5. The number of halogens is 3. The van der Waals surface area contributed by atoms with Crippen LogP contribution in [0, 0.1) is 0 Å². The molecular formula is C36H39F3N2O4. The maximum Gasteiger partial charge on any atom is 0.416 e. The Labute approximate surface area is 261 Å². The number of likely N-dealkylation sites (tertiary alicyclic amines) is 1. The van der Waals surface area contributed by atoms with Crippen molar-refractivity contribution in [2.24, 2.45) is 0 Å². The maximum atomic E-state index is 13.7. The molecule has 0 aromatic heterocycles. The van der Waals surface area contributed by atoms with Gasteiger partial charge < -0.3 is 19.8 Å². The van der Waals surface area contributed by atoms with Crippen LogP contribution >= 0.6 is 0 Å². The van der Waals surface area contributed by atoms with Crippen LogP contribution in [-0.2, 0) is 35.6 Å². The number of aryl methyl sites for hydroxylation is 1. The molecule has 2 heterocycles. The number of carbonyl (C=O) groups is 1. The van der Waals surface area contributed by atoms with Gasteiger partial charge in [-0.15, -0.1) is 0 Å². The third-order valence-corrected chi connectivity index (χ3v) is 11.5. The molecule has 5 atom stereocenters. The van der Waals surface area contributed by atoms with Gasteiger partial charge in [0.15, 0.2) is 11.5 Å². The normalized spacial score (nSPS) is 30.0. The van der Waals surface area contributed by atoms with E-state index in [-0.39, 0.29) is 30.2 Å². The number of rotatable bonds is 7. The third-order valence-electron chi connectivity index (χ3n) is 11.5. The number of ether oxygens (including phenoxy) is 1. The summed E-state index contributed by atoms with van der Waals surface area (Å²) in [6.07, 6.45) is -0.815. The molecule has 1 amide bonds. The second-order valence-electron chi connectivity index (χ2n) is 13.5. The molecule has 2 fully saturated rings. The largest absolute Gasteiger partial charge is 0.504 e. The fourth-order valence-corrected chi connectivity index (χ4v) is 9.27. The third kappa shape index (κ3) is 4.41. The Morgan fingerprint density at radius 1 is 1.02 bits per heavy atom. The van der Waals surface area contributed by atoms with Gasteiger partial charge in [-0.2, -0.15) is 13.2 Å². The van der Waals surface area contributed by atoms with Crippen LogP contribution in [0.15, 0.2) is 66.7 Å². The van der Waals surface area contributed by atoms with E-state index >= 15 is 0 Å². The number of amides is 1. The number of alkyl halides is 3. The number of benzene rings is 3. The van der Waals surface area contributed by atoms with Crippen LogP contribution in [0.1, 0.15) is 60.4 Å². The number of hydrogen-bond acceptors (Lipinski definition) is 5. The van der Waals surface area contributed by atoms with E-state index in [0.717, 1.165) is 42.8 Å². The van der Waals surface area contributed by atoms with E-state index in [0.29, 0.717) is 43.4 Å². The molecule has 2 N–H and O–H groups in total. The van der Waals surface area contributed by atoms with Crippen molar-refractivity contribution in [2.45, 2.75) is 86.7 Å². The summed E-state index contributed by atoms with van der Waals surface area (Å²) >= 11 is 0. The number of phenolic OH excluding ortho intramolecular Hbond substituents is 1. The fraction of sp³-hybridized carbons (Fsp3) is 0.472. The van der Waals surface area contributed by atoms with Gasteiger partial charge in [-0.1, -0.05) is 48.5 Å². The van der Waals surface area contributed by atoms with E-state index in [1.54, 1.807) is 18.0 Å². The average molecular weight is 621 g/mol. The van der Waals surface area contributed by atoms with E-state index in [9.17, 15) is 28.2 Å². The molecule has 6 nitrogen and oxygen atoms in total. The lowest BCUT2D eigenvalue weighted by atomic mass is 9.44. The lowest BCUT2D eigenvalue weighted by Gasteiger charge is -2.68. The topological polar surface area (TPSA) is 73.2 Å². The van der Waals surface area contributed by atoms with Crippen LogP contribution in [0.4, 0.5) is 13.2 Å². The van der Waals surface area contributed by atoms with Crippen molar-refractivity contribution in [1.82, 2.24) is 9.80 Å². The summed E-state index contributed by atoms with van der Waals surface area (Å²) in [5, 5.41) is 23.9. The second-order valence-corrected chi connectivity index (χ2v) is 13.5. The Balaban J connectivity index is 1.17. The molecule has 2 aliphatic carbocycles. The molecule has 7 rings (SSSR count). The van der Waals surface area contributed by atoms with Crippen molar-refractivity contribution in [3.63, 3.8) is 0 Å². The number of nitrogens with zero attached hydrogens (tertiary/aromatic N) is 2. The summed E-state index contributed by atoms with van der Waals surface area (Å²) in [6, 6.07) is 18.4. The zero-order valence-electron chi connectivity index (χ0n) is 25.6. The number of carbonyl (C=O) groups excluding carboxylic acids is 1. The zero-order valence-corrected chi connectivity index (χ0v) is 25.6. The number of piperidine rings is 1. The maximum absolute atomic E-state index is 13.7. The van der Waals surface area contributed by atoms with Gasteiger partial charge in [0.2, 0.25) is 5.91 Å². The first-order valence-electron chi connectivity index (χ1n) is 15.9. The predicted molar refractivity (Wildman–Crippen MR) is 163 cm³/mol. The van der Waals surface area contributed by atoms with Crippen molar-refractivity contribution < 1.29 is 32.9 Å². The van der Waals surface area contributed by atoms with Gasteiger partial charge >= 0.3 is 6.18 Å². The first-order chi connectivity index (χ1) is 21.4. The van der Waals surface area contributed by atoms with Crippen LogP contribution < -0.4 is 4.74 Å². The van der Waals surface area contributed by atoms with Gasteiger partial charge in [-0.3, -0.25) is 9.69 Å². The van der Waals surface area contributed by atoms with Crippen molar-refractivity contribution in [3.8, 4) is 11.5 Å². The van der Waals surface area contributed by atoms with Crippen LogP contribution in [0.3, 0.4) is 0 Å². The van der Waals surface area contributed by atoms with Gasteiger partial charge in [-0.25, -0.2) is 0 Å². The zero-order chi connectivity index (χ0) is 31.8. The highest BCUT2D eigenvalue weighted by molar-refractivity contribution is 5.77. The highest BCUT2D eigenvalue weighted by atomic mass is 19.4. The van der Waals surface area contributed by atoms with Crippen LogP contribution in [-0.4, -0.2) is 69.3 Å². The smallest absolute Gasteiger partial charge is 0.416 e. The van der Waals surface area contributed by atoms with Gasteiger partial charge in [-0.05, 0) is 86.9 Å². The molecule has 1 saturated heterocycles. The molecule has 2 bridgehead atoms. The molecule has 2 aliphatic heterocycles. The molecule has 45 heavy (non-hydrogen) atoms. The predicted octanol–water partition coefficient (Wildman–Crippen LogP) is 5.66. The molecule has 1 saturated carbocycles. The SMILES string of the molecule is CN(C(=O)CCc1ccc(C(F)(F)F)cc1)C1CC[C@@]2(O)[C@H]3Cc4ccc(O)c5c4[C@@]2(CCN3CCc2ccccc2)C1(C)O5. The summed E-state index contributed by atoms with van der Waals surface area (Å²) in [5.41, 5.74) is 0.216. The number of phenols is 1. The summed E-state index contributed by atoms with van der Waals surface area (Å²) in [5.74, 6) is 0.322. The number of aliphatic hydroxyl groups is 1. The molecule has 3 aromatic carbocycles. The van der Waals surface area contributed by atoms with E-state index < -0.39 is 28.4 Å². The minimum atomic E-state index is -4.41. The summed E-state index contributed by atoms with van der Waals surface area (Å²) < 4.78 is 45.8. The Hall–Kier alpha value is -3.56. The van der Waals surface area contributed by atoms with Crippen molar-refractivity contribution in [2.75, 3.05) is 20.1 Å². The highest BCUT2D eigenvalue weighted by Gasteiger charge is 2.78. The Morgan fingerprint density at radius 2 is 1.73 bits per heavy atom. The number of hydrogen-bond donors (Lipinski definition) is 2. The molecule has 2 unspecified atom stereocenters. The van der Waals surface area contributed by atoms with Gasteiger partial charge in [0.25, 0.3) is 0 Å². The minimum Gasteiger partial charge on any atom is -0.504 e. The molecule has 4 aliphatic rings. The fourth-order valence-electron chi connectivity index (χ4n) is 9.27. The molecule has 1 spiro atoms. The molecule has 238 valence electrons. The van der Waals surface area contributed by atoms with Crippen molar-refractivity contribution >= 4 is 5.91 Å². The van der Waals surface area contributed by atoms with Crippen LogP contribution in [0.5, 0.6) is 11.5 Å². The summed E-state index contributed by atoms with van der Waals surface area (Å²) in [6.45, 7) is 3.56. The average Bonchev–Trinajstić information content (AvgIpc) is 3.30. The van der Waals surface area contributed by atoms with Gasteiger partial charge in [0, 0.05) is 31.6 Å². The summed E-state index contributed by atoms with van der Waals surface area (Å²) in [4.78, 5) is 17.8. The van der Waals surface area contributed by atoms with Crippen molar-refractivity contribution in [1.29, 1.82) is 0 Å². The van der Waals surface area contributed by atoms with Gasteiger partial charge in [0.05, 0.1) is 22.6 Å². The molecule has 9 heteroatoms. The van der Waals surface area contributed by atoms with E-state index in [1.165, 1.54) is 17.7 Å². The summed E-state index contributed by atoms with van der Waals surface area (Å²) in [7, 11) is 1.76. The molecule has 3 aromatic rings. The number of likely N-dealkylation sites (N-methyl/N-ethyl adjacent to an activating group) is 1. The van der Waals surface area contributed by atoms with Crippen molar-refractivity contribution in [3.05, 3.63) is 94.5 Å². The lowest BCUT2D eigenvalue weighted by molar-refractivity contribution is -0.229. The Morgan fingerprint density at radius 3 is 2.44 bits per heavy atom. The standard InChI is InChI=1S/C36H39F3N2O4/c1-33-28(40(2)30(43)15-10-24-8-12-26(13-9-24)36(37,38)39)16-18-35(44)29-22-25-11-14-27(42)32(45-33)31(25)34(33,35)19-21-41(29)20-17-23-6-4-3-5-7-23/h3-9,11-14,28-29,42,44H,10,15-22H2,1-2H3/t28?,29-,33?,34+,35-/m1/s1. The monoisotopic (exact) mass is 620 g/mol. The van der Waals surface area contributed by atoms with Crippen LogP contribution in [0.25, 0.3) is 0 Å². The molecule has 0 radical (unpaired) electrons. The van der Waals surface area contributed by atoms with Gasteiger partial charge in [0.1, 0.15) is 5.60 Å². The minimum absolute atomic E-state index is 0.0427.